The zero-order valence-electron chi connectivity index (χ0n) is 12.3. The Labute approximate surface area is 134 Å². The summed E-state index contributed by atoms with van der Waals surface area (Å²) in [6.07, 6.45) is 1.00. The molecule has 108 valence electrons. The van der Waals surface area contributed by atoms with Crippen LogP contribution in [0.15, 0.2) is 24.3 Å². The van der Waals surface area contributed by atoms with E-state index in [0.29, 0.717) is 0 Å². The molecule has 3 heteroatoms. The van der Waals surface area contributed by atoms with Gasteiger partial charge in [-0.05, 0) is 39.7 Å². The van der Waals surface area contributed by atoms with Gasteiger partial charge in [-0.3, -0.25) is 0 Å². The highest BCUT2D eigenvalue weighted by Gasteiger charge is 2.30. The van der Waals surface area contributed by atoms with Gasteiger partial charge in [0, 0.05) is 22.7 Å². The lowest BCUT2D eigenvalue weighted by molar-refractivity contribution is -0.00940. The van der Waals surface area contributed by atoms with Crippen LogP contribution in [-0.2, 0) is 10.2 Å². The number of rotatable bonds is 6. The molecule has 19 heavy (non-hydrogen) atoms. The van der Waals surface area contributed by atoms with E-state index in [2.05, 4.69) is 83.8 Å². The van der Waals surface area contributed by atoms with Crippen molar-refractivity contribution in [3.8, 4) is 0 Å². The van der Waals surface area contributed by atoms with Crippen LogP contribution in [0.1, 0.15) is 38.3 Å². The molecule has 0 amide bonds. The molecule has 0 spiro atoms. The first-order chi connectivity index (χ1) is 8.83. The van der Waals surface area contributed by atoms with Crippen molar-refractivity contribution in [1.82, 2.24) is 0 Å². The zero-order chi connectivity index (χ0) is 14.5. The molecule has 0 unspecified atom stereocenters. The lowest BCUT2D eigenvalue weighted by atomic mass is 9.81. The second-order valence-electron chi connectivity index (χ2n) is 6.13. The molecule has 0 N–H and O–H groups in total. The van der Waals surface area contributed by atoms with E-state index in [4.69, 9.17) is 4.74 Å². The van der Waals surface area contributed by atoms with Crippen LogP contribution in [0, 0.1) is 6.92 Å². The van der Waals surface area contributed by atoms with Gasteiger partial charge in [0.25, 0.3) is 0 Å². The first kappa shape index (κ1) is 17.2. The highest BCUT2D eigenvalue weighted by atomic mass is 79.9. The molecule has 0 heterocycles. The minimum atomic E-state index is -0.0725. The highest BCUT2D eigenvalue weighted by molar-refractivity contribution is 9.09. The average molecular weight is 392 g/mol. The van der Waals surface area contributed by atoms with Gasteiger partial charge in [-0.25, -0.2) is 0 Å². The summed E-state index contributed by atoms with van der Waals surface area (Å²) in [7, 11) is 0. The summed E-state index contributed by atoms with van der Waals surface area (Å²) in [6.45, 7) is 9.22. The minimum Gasteiger partial charge on any atom is -0.376 e. The van der Waals surface area contributed by atoms with Crippen LogP contribution < -0.4 is 0 Å². The molecule has 0 aliphatic heterocycles. The van der Waals surface area contributed by atoms with Gasteiger partial charge < -0.3 is 4.74 Å². The molecule has 0 atom stereocenters. The maximum Gasteiger partial charge on any atom is 0.0598 e. The summed E-state index contributed by atoms with van der Waals surface area (Å²) in [4.78, 5) is 0. The third kappa shape index (κ3) is 5.20. The predicted molar refractivity (Wildman–Crippen MR) is 90.8 cm³/mol. The summed E-state index contributed by atoms with van der Waals surface area (Å²) < 4.78 is 5.90. The molecular formula is C16H24Br2O. The Morgan fingerprint density at radius 3 is 2.21 bits per heavy atom. The van der Waals surface area contributed by atoms with Gasteiger partial charge in [0.15, 0.2) is 0 Å². The Morgan fingerprint density at radius 2 is 1.74 bits per heavy atom. The largest absolute Gasteiger partial charge is 0.376 e. The lowest BCUT2D eigenvalue weighted by Gasteiger charge is -2.32. The first-order valence-electron chi connectivity index (χ1n) is 6.66. The summed E-state index contributed by atoms with van der Waals surface area (Å²) in [5, 5.41) is 1.87. The smallest absolute Gasteiger partial charge is 0.0598 e. The monoisotopic (exact) mass is 390 g/mol. The van der Waals surface area contributed by atoms with Crippen molar-refractivity contribution >= 4 is 31.9 Å². The Kier molecular flexibility index (Phi) is 6.55. The van der Waals surface area contributed by atoms with Crippen molar-refractivity contribution in [3.63, 3.8) is 0 Å². The van der Waals surface area contributed by atoms with Gasteiger partial charge >= 0.3 is 0 Å². The summed E-state index contributed by atoms with van der Waals surface area (Å²) in [5.41, 5.74) is 2.70. The lowest BCUT2D eigenvalue weighted by Crippen LogP contribution is -2.33. The van der Waals surface area contributed by atoms with Gasteiger partial charge in [0.1, 0.15) is 0 Å². The number of hydrogen-bond donors (Lipinski definition) is 0. The van der Waals surface area contributed by atoms with E-state index < -0.39 is 0 Å². The second-order valence-corrected chi connectivity index (χ2v) is 7.25. The SMILES string of the molecule is Cc1cccc(C(CBr)(CBr)CCOC(C)(C)C)c1. The summed E-state index contributed by atoms with van der Waals surface area (Å²) >= 11 is 7.38. The van der Waals surface area contributed by atoms with Gasteiger partial charge in [0.2, 0.25) is 0 Å². The number of aryl methyl sites for hydroxylation is 1. The molecule has 0 radical (unpaired) electrons. The average Bonchev–Trinajstić information content (AvgIpc) is 2.34. The van der Waals surface area contributed by atoms with Crippen LogP contribution in [-0.4, -0.2) is 22.9 Å². The van der Waals surface area contributed by atoms with Crippen molar-refractivity contribution in [2.45, 2.75) is 45.1 Å². The van der Waals surface area contributed by atoms with E-state index in [1.165, 1.54) is 11.1 Å². The van der Waals surface area contributed by atoms with Crippen LogP contribution in [0.5, 0.6) is 0 Å². The van der Waals surface area contributed by atoms with Crippen molar-refractivity contribution in [1.29, 1.82) is 0 Å². The van der Waals surface area contributed by atoms with E-state index >= 15 is 0 Å². The maximum absolute atomic E-state index is 5.90. The zero-order valence-corrected chi connectivity index (χ0v) is 15.5. The van der Waals surface area contributed by atoms with Crippen LogP contribution in [0.25, 0.3) is 0 Å². The molecule has 0 fully saturated rings. The fraction of sp³-hybridized carbons (Fsp3) is 0.625. The molecule has 0 bridgehead atoms. The molecule has 1 rings (SSSR count). The molecule has 0 aromatic heterocycles. The van der Waals surface area contributed by atoms with Crippen molar-refractivity contribution in [3.05, 3.63) is 35.4 Å². The number of alkyl halides is 2. The number of ether oxygens (including phenoxy) is 1. The van der Waals surface area contributed by atoms with Crippen LogP contribution in [0.3, 0.4) is 0 Å². The van der Waals surface area contributed by atoms with Crippen LogP contribution in [0.2, 0.25) is 0 Å². The van der Waals surface area contributed by atoms with Gasteiger partial charge in [-0.15, -0.1) is 0 Å². The quantitative estimate of drug-likeness (QED) is 0.603. The molecule has 0 aliphatic carbocycles. The first-order valence-corrected chi connectivity index (χ1v) is 8.90. The molecule has 0 saturated heterocycles. The molecular weight excluding hydrogens is 368 g/mol. The molecule has 1 nitrogen and oxygen atoms in total. The Bertz CT molecular complexity index is 392. The Balaban J connectivity index is 2.85. The number of benzene rings is 1. The maximum atomic E-state index is 5.90. The third-order valence-corrected chi connectivity index (χ3v) is 5.40. The van der Waals surface area contributed by atoms with Gasteiger partial charge in [-0.1, -0.05) is 61.7 Å². The minimum absolute atomic E-state index is 0.0725. The van der Waals surface area contributed by atoms with E-state index in [0.717, 1.165) is 23.7 Å². The van der Waals surface area contributed by atoms with E-state index in [-0.39, 0.29) is 11.0 Å². The standard InChI is InChI=1S/C16H24Br2O/c1-13-6-5-7-14(10-13)16(11-17,12-18)8-9-19-15(2,3)4/h5-7,10H,8-9,11-12H2,1-4H3. The topological polar surface area (TPSA) is 9.23 Å². The highest BCUT2D eigenvalue weighted by Crippen LogP contribution is 2.33. The third-order valence-electron chi connectivity index (χ3n) is 3.26. The van der Waals surface area contributed by atoms with Crippen LogP contribution >= 0.6 is 31.9 Å². The molecule has 0 saturated carbocycles. The summed E-state index contributed by atoms with van der Waals surface area (Å²) in [5.74, 6) is 0. The molecule has 0 aliphatic rings. The van der Waals surface area contributed by atoms with Crippen molar-refractivity contribution in [2.24, 2.45) is 0 Å². The van der Waals surface area contributed by atoms with Crippen molar-refractivity contribution < 1.29 is 4.74 Å². The van der Waals surface area contributed by atoms with Gasteiger partial charge in [0.05, 0.1) is 5.60 Å². The summed E-state index contributed by atoms with van der Waals surface area (Å²) in [6, 6.07) is 8.77. The van der Waals surface area contributed by atoms with E-state index in [1.54, 1.807) is 0 Å². The van der Waals surface area contributed by atoms with E-state index in [1.807, 2.05) is 0 Å². The number of hydrogen-bond acceptors (Lipinski definition) is 1. The molecule has 1 aromatic carbocycles. The van der Waals surface area contributed by atoms with Crippen molar-refractivity contribution in [2.75, 3.05) is 17.3 Å². The second kappa shape index (κ2) is 7.24. The van der Waals surface area contributed by atoms with Gasteiger partial charge in [-0.2, -0.15) is 0 Å². The number of halogens is 2. The Morgan fingerprint density at radius 1 is 1.11 bits per heavy atom. The fourth-order valence-electron chi connectivity index (χ4n) is 2.00. The van der Waals surface area contributed by atoms with E-state index in [9.17, 15) is 0 Å². The van der Waals surface area contributed by atoms with Crippen LogP contribution in [0.4, 0.5) is 0 Å². The normalized spacial score (nSPS) is 12.7. The Hall–Kier alpha value is 0.140. The molecule has 1 aromatic rings. The predicted octanol–water partition coefficient (Wildman–Crippen LogP) is 5.23. The fourth-order valence-corrected chi connectivity index (χ4v) is 4.13.